The normalized spacial score (nSPS) is 25.6. The summed E-state index contributed by atoms with van der Waals surface area (Å²) in [5.74, 6) is 1.03. The number of nitrogens with one attached hydrogen (secondary N) is 2. The zero-order valence-electron chi connectivity index (χ0n) is 11.8. The van der Waals surface area contributed by atoms with Crippen LogP contribution >= 0.6 is 0 Å². The molecule has 17 heavy (non-hydrogen) atoms. The standard InChI is InChI=1S/C14H28N2O/c1-11-5-7-12(8-6-11)15-10-9-13(17)16-14(2,3)4/h11-12,15H,5-10H2,1-4H3,(H,16,17). The van der Waals surface area contributed by atoms with Gasteiger partial charge in [0.15, 0.2) is 0 Å². The highest BCUT2D eigenvalue weighted by molar-refractivity contribution is 5.76. The Hall–Kier alpha value is -0.570. The van der Waals surface area contributed by atoms with E-state index in [4.69, 9.17) is 0 Å². The molecule has 0 saturated heterocycles. The van der Waals surface area contributed by atoms with Crippen LogP contribution in [0.15, 0.2) is 0 Å². The Labute approximate surface area is 106 Å². The third kappa shape index (κ3) is 6.67. The Morgan fingerprint density at radius 1 is 1.18 bits per heavy atom. The molecule has 0 heterocycles. The Kier molecular flexibility index (Phi) is 5.44. The highest BCUT2D eigenvalue weighted by Gasteiger charge is 2.18. The average molecular weight is 240 g/mol. The summed E-state index contributed by atoms with van der Waals surface area (Å²) in [7, 11) is 0. The molecule has 0 spiro atoms. The van der Waals surface area contributed by atoms with Gasteiger partial charge in [0, 0.05) is 24.5 Å². The summed E-state index contributed by atoms with van der Waals surface area (Å²) in [6, 6.07) is 0.633. The van der Waals surface area contributed by atoms with Crippen LogP contribution in [-0.2, 0) is 4.79 Å². The number of hydrogen-bond acceptors (Lipinski definition) is 2. The molecule has 1 aliphatic carbocycles. The van der Waals surface area contributed by atoms with Crippen molar-refractivity contribution in [2.75, 3.05) is 6.54 Å². The molecule has 0 aromatic heterocycles. The van der Waals surface area contributed by atoms with Crippen LogP contribution in [0.4, 0.5) is 0 Å². The third-order valence-electron chi connectivity index (χ3n) is 3.32. The Balaban J connectivity index is 2.09. The molecule has 0 atom stereocenters. The van der Waals surface area contributed by atoms with Gasteiger partial charge >= 0.3 is 0 Å². The van der Waals surface area contributed by atoms with E-state index in [1.807, 2.05) is 20.8 Å². The molecular formula is C14H28N2O. The highest BCUT2D eigenvalue weighted by atomic mass is 16.1. The van der Waals surface area contributed by atoms with Gasteiger partial charge in [0.25, 0.3) is 0 Å². The zero-order chi connectivity index (χ0) is 12.9. The molecule has 0 aromatic carbocycles. The molecule has 0 unspecified atom stereocenters. The number of carbonyl (C=O) groups is 1. The van der Waals surface area contributed by atoms with E-state index in [0.29, 0.717) is 12.5 Å². The van der Waals surface area contributed by atoms with E-state index in [1.54, 1.807) is 0 Å². The molecule has 0 aliphatic heterocycles. The lowest BCUT2D eigenvalue weighted by Crippen LogP contribution is -2.42. The van der Waals surface area contributed by atoms with Gasteiger partial charge in [-0.15, -0.1) is 0 Å². The van der Waals surface area contributed by atoms with Crippen molar-refractivity contribution in [2.24, 2.45) is 5.92 Å². The van der Waals surface area contributed by atoms with Crippen LogP contribution in [0.5, 0.6) is 0 Å². The zero-order valence-corrected chi connectivity index (χ0v) is 11.8. The van der Waals surface area contributed by atoms with E-state index in [9.17, 15) is 4.79 Å². The summed E-state index contributed by atoms with van der Waals surface area (Å²) in [5.41, 5.74) is -0.114. The molecule has 3 nitrogen and oxygen atoms in total. The van der Waals surface area contributed by atoms with Crippen LogP contribution in [-0.4, -0.2) is 24.0 Å². The molecule has 1 fully saturated rings. The van der Waals surface area contributed by atoms with Gasteiger partial charge in [-0.3, -0.25) is 4.79 Å². The van der Waals surface area contributed by atoms with Gasteiger partial charge in [-0.25, -0.2) is 0 Å². The van der Waals surface area contributed by atoms with Crippen molar-refractivity contribution in [1.82, 2.24) is 10.6 Å². The van der Waals surface area contributed by atoms with Crippen LogP contribution in [0.1, 0.15) is 59.8 Å². The van der Waals surface area contributed by atoms with E-state index < -0.39 is 0 Å². The van der Waals surface area contributed by atoms with Gasteiger partial charge in [-0.05, 0) is 52.4 Å². The van der Waals surface area contributed by atoms with E-state index >= 15 is 0 Å². The summed E-state index contributed by atoms with van der Waals surface area (Å²) in [6.07, 6.45) is 5.77. The first-order valence-electron chi connectivity index (χ1n) is 6.91. The van der Waals surface area contributed by atoms with Crippen LogP contribution < -0.4 is 10.6 Å². The minimum Gasteiger partial charge on any atom is -0.351 e. The summed E-state index contributed by atoms with van der Waals surface area (Å²) >= 11 is 0. The summed E-state index contributed by atoms with van der Waals surface area (Å²) in [4.78, 5) is 11.6. The Morgan fingerprint density at radius 2 is 1.76 bits per heavy atom. The monoisotopic (exact) mass is 240 g/mol. The van der Waals surface area contributed by atoms with Gasteiger partial charge in [0.05, 0.1) is 0 Å². The average Bonchev–Trinajstić information content (AvgIpc) is 2.18. The van der Waals surface area contributed by atoms with Crippen molar-refractivity contribution in [3.63, 3.8) is 0 Å². The Morgan fingerprint density at radius 3 is 2.29 bits per heavy atom. The lowest BCUT2D eigenvalue weighted by molar-refractivity contribution is -0.122. The van der Waals surface area contributed by atoms with Crippen molar-refractivity contribution in [2.45, 2.75) is 71.4 Å². The van der Waals surface area contributed by atoms with Crippen LogP contribution in [0.2, 0.25) is 0 Å². The lowest BCUT2D eigenvalue weighted by Gasteiger charge is -2.27. The van der Waals surface area contributed by atoms with Gasteiger partial charge in [0.1, 0.15) is 0 Å². The fraction of sp³-hybridized carbons (Fsp3) is 0.929. The summed E-state index contributed by atoms with van der Waals surface area (Å²) in [6.45, 7) is 9.18. The number of amides is 1. The van der Waals surface area contributed by atoms with Crippen molar-refractivity contribution >= 4 is 5.91 Å². The van der Waals surface area contributed by atoms with Crippen LogP contribution in [0.25, 0.3) is 0 Å². The SMILES string of the molecule is CC1CCC(NCCC(=O)NC(C)(C)C)CC1. The fourth-order valence-electron chi connectivity index (χ4n) is 2.33. The maximum Gasteiger partial charge on any atom is 0.221 e. The van der Waals surface area contributed by atoms with Gasteiger partial charge in [-0.1, -0.05) is 6.92 Å². The van der Waals surface area contributed by atoms with Crippen molar-refractivity contribution < 1.29 is 4.79 Å². The second-order valence-electron chi connectivity index (χ2n) is 6.46. The molecule has 100 valence electrons. The molecule has 1 rings (SSSR count). The first-order valence-corrected chi connectivity index (χ1v) is 6.91. The van der Waals surface area contributed by atoms with Crippen LogP contribution in [0, 0.1) is 5.92 Å². The largest absolute Gasteiger partial charge is 0.351 e. The maximum atomic E-state index is 11.6. The van der Waals surface area contributed by atoms with Gasteiger partial charge < -0.3 is 10.6 Å². The van der Waals surface area contributed by atoms with Crippen molar-refractivity contribution in [1.29, 1.82) is 0 Å². The third-order valence-corrected chi connectivity index (χ3v) is 3.32. The van der Waals surface area contributed by atoms with E-state index in [1.165, 1.54) is 25.7 Å². The molecule has 0 radical (unpaired) electrons. The second kappa shape index (κ2) is 6.39. The second-order valence-corrected chi connectivity index (χ2v) is 6.46. The molecule has 1 amide bonds. The molecular weight excluding hydrogens is 212 g/mol. The van der Waals surface area contributed by atoms with E-state index in [-0.39, 0.29) is 11.4 Å². The lowest BCUT2D eigenvalue weighted by atomic mass is 9.87. The van der Waals surface area contributed by atoms with E-state index in [0.717, 1.165) is 12.5 Å². The Bertz CT molecular complexity index is 237. The molecule has 1 aliphatic rings. The van der Waals surface area contributed by atoms with Gasteiger partial charge in [0.2, 0.25) is 5.91 Å². The summed E-state index contributed by atoms with van der Waals surface area (Å²) < 4.78 is 0. The van der Waals surface area contributed by atoms with Crippen molar-refractivity contribution in [3.05, 3.63) is 0 Å². The van der Waals surface area contributed by atoms with Crippen molar-refractivity contribution in [3.8, 4) is 0 Å². The highest BCUT2D eigenvalue weighted by Crippen LogP contribution is 2.23. The first kappa shape index (κ1) is 14.5. The van der Waals surface area contributed by atoms with Crippen LogP contribution in [0.3, 0.4) is 0 Å². The predicted molar refractivity (Wildman–Crippen MR) is 71.9 cm³/mol. The minimum atomic E-state index is -0.114. The quantitative estimate of drug-likeness (QED) is 0.792. The van der Waals surface area contributed by atoms with Gasteiger partial charge in [-0.2, -0.15) is 0 Å². The summed E-state index contributed by atoms with van der Waals surface area (Å²) in [5, 5.41) is 6.48. The van der Waals surface area contributed by atoms with E-state index in [2.05, 4.69) is 17.6 Å². The number of carbonyl (C=O) groups excluding carboxylic acids is 1. The topological polar surface area (TPSA) is 41.1 Å². The fourth-order valence-corrected chi connectivity index (χ4v) is 2.33. The molecule has 2 N–H and O–H groups in total. The number of hydrogen-bond donors (Lipinski definition) is 2. The number of rotatable bonds is 4. The molecule has 3 heteroatoms. The predicted octanol–water partition coefficient (Wildman–Crippen LogP) is 2.46. The molecule has 1 saturated carbocycles. The minimum absolute atomic E-state index is 0.114. The smallest absolute Gasteiger partial charge is 0.221 e. The first-order chi connectivity index (χ1) is 7.87. The molecule has 0 aromatic rings. The maximum absolute atomic E-state index is 11.6. The molecule has 0 bridgehead atoms.